The van der Waals surface area contributed by atoms with Gasteiger partial charge in [-0.2, -0.15) is 5.10 Å². The molecule has 0 saturated carbocycles. The van der Waals surface area contributed by atoms with E-state index in [2.05, 4.69) is 38.4 Å². The molecule has 1 fully saturated rings. The van der Waals surface area contributed by atoms with Crippen molar-refractivity contribution in [1.82, 2.24) is 25.4 Å². The Labute approximate surface area is 223 Å². The first-order valence-corrected chi connectivity index (χ1v) is 13.5. The second kappa shape index (κ2) is 10.2. The Morgan fingerprint density at radius 1 is 1.21 bits per heavy atom. The lowest BCUT2D eigenvalue weighted by molar-refractivity contribution is 0.0868. The van der Waals surface area contributed by atoms with Crippen LogP contribution >= 0.6 is 11.3 Å². The van der Waals surface area contributed by atoms with Gasteiger partial charge in [-0.3, -0.25) is 14.8 Å². The molecule has 38 heavy (non-hydrogen) atoms. The minimum atomic E-state index is -0.276. The second-order valence-corrected chi connectivity index (χ2v) is 10.9. The number of H-pyrrole nitrogens is 1. The number of rotatable bonds is 6. The molecule has 1 aliphatic heterocycles. The van der Waals surface area contributed by atoms with Gasteiger partial charge >= 0.3 is 0 Å². The van der Waals surface area contributed by atoms with E-state index in [1.807, 2.05) is 35.8 Å². The highest BCUT2D eigenvalue weighted by Crippen LogP contribution is 2.31. The van der Waals surface area contributed by atoms with Crippen molar-refractivity contribution in [3.63, 3.8) is 0 Å². The van der Waals surface area contributed by atoms with Crippen molar-refractivity contribution in [3.05, 3.63) is 77.1 Å². The Balaban J connectivity index is 1.20. The van der Waals surface area contributed by atoms with Crippen LogP contribution in [0.25, 0.3) is 32.4 Å². The maximum atomic E-state index is 14.5. The number of aromatic amines is 1. The van der Waals surface area contributed by atoms with Crippen LogP contribution in [0.15, 0.2) is 60.1 Å². The van der Waals surface area contributed by atoms with Gasteiger partial charge in [-0.25, -0.2) is 9.37 Å². The monoisotopic (exact) mass is 529 g/mol. The average Bonchev–Trinajstić information content (AvgIpc) is 3.55. The summed E-state index contributed by atoms with van der Waals surface area (Å²) in [5, 5.41) is 11.7. The number of carbonyl (C=O) groups is 1. The highest BCUT2D eigenvalue weighted by molar-refractivity contribution is 7.16. The van der Waals surface area contributed by atoms with Gasteiger partial charge in [0.15, 0.2) is 0 Å². The Kier molecular flexibility index (Phi) is 6.55. The van der Waals surface area contributed by atoms with Crippen LogP contribution in [0.5, 0.6) is 5.75 Å². The minimum absolute atomic E-state index is 0.0442. The third-order valence-corrected chi connectivity index (χ3v) is 7.97. The number of benzene rings is 3. The Bertz CT molecular complexity index is 1630. The normalized spacial score (nSPS) is 18.2. The summed E-state index contributed by atoms with van der Waals surface area (Å²) in [6, 6.07) is 16.5. The van der Waals surface area contributed by atoms with E-state index in [9.17, 15) is 9.18 Å². The first-order valence-electron chi connectivity index (χ1n) is 12.6. The quantitative estimate of drug-likeness (QED) is 0.298. The Hall–Kier alpha value is -3.82. The van der Waals surface area contributed by atoms with E-state index in [0.29, 0.717) is 35.9 Å². The molecule has 3 heterocycles. The molecular formula is C29H28FN5O2S. The Morgan fingerprint density at radius 2 is 2.11 bits per heavy atom. The minimum Gasteiger partial charge on any atom is -0.496 e. The summed E-state index contributed by atoms with van der Waals surface area (Å²) in [7, 11) is 1.56. The fourth-order valence-electron chi connectivity index (χ4n) is 5.45. The van der Waals surface area contributed by atoms with E-state index in [0.717, 1.165) is 45.3 Å². The molecule has 194 valence electrons. The highest BCUT2D eigenvalue weighted by atomic mass is 32.1. The smallest absolute Gasteiger partial charge is 0.251 e. The van der Waals surface area contributed by atoms with Crippen LogP contribution < -0.4 is 10.1 Å². The average molecular weight is 530 g/mol. The number of nitrogens with one attached hydrogen (secondary N) is 2. The molecule has 1 saturated heterocycles. The van der Waals surface area contributed by atoms with E-state index in [1.165, 1.54) is 6.07 Å². The van der Waals surface area contributed by atoms with E-state index < -0.39 is 0 Å². The molecule has 1 aliphatic rings. The number of ether oxygens (including phenoxy) is 1. The molecule has 1 unspecified atom stereocenters. The largest absolute Gasteiger partial charge is 0.496 e. The molecule has 0 radical (unpaired) electrons. The van der Waals surface area contributed by atoms with Crippen molar-refractivity contribution in [2.45, 2.75) is 25.9 Å². The van der Waals surface area contributed by atoms with E-state index in [-0.39, 0.29) is 17.8 Å². The third kappa shape index (κ3) is 4.75. The zero-order valence-electron chi connectivity index (χ0n) is 21.2. The summed E-state index contributed by atoms with van der Waals surface area (Å²) in [5.41, 5.74) is 6.58. The molecule has 9 heteroatoms. The van der Waals surface area contributed by atoms with Crippen LogP contribution in [0.3, 0.4) is 0 Å². The molecule has 2 N–H and O–H groups in total. The summed E-state index contributed by atoms with van der Waals surface area (Å²) in [5.74, 6) is 0.500. The van der Waals surface area contributed by atoms with Crippen LogP contribution in [0.1, 0.15) is 29.3 Å². The first-order chi connectivity index (χ1) is 18.5. The van der Waals surface area contributed by atoms with Crippen molar-refractivity contribution in [3.8, 4) is 17.0 Å². The summed E-state index contributed by atoms with van der Waals surface area (Å²) < 4.78 is 21.0. The van der Waals surface area contributed by atoms with Crippen molar-refractivity contribution in [2.24, 2.45) is 5.92 Å². The van der Waals surface area contributed by atoms with E-state index >= 15 is 0 Å². The number of thiazole rings is 1. The predicted octanol–water partition coefficient (Wildman–Crippen LogP) is 5.63. The summed E-state index contributed by atoms with van der Waals surface area (Å²) >= 11 is 1.59. The summed E-state index contributed by atoms with van der Waals surface area (Å²) in [4.78, 5) is 19.9. The lowest BCUT2D eigenvalue weighted by Crippen LogP contribution is -2.50. The fourth-order valence-corrected chi connectivity index (χ4v) is 6.17. The number of aromatic nitrogens is 3. The van der Waals surface area contributed by atoms with Gasteiger partial charge in [0.05, 0.1) is 34.0 Å². The number of piperidine rings is 1. The number of methoxy groups -OCH3 is 1. The molecule has 3 aromatic carbocycles. The molecule has 0 spiro atoms. The molecular weight excluding hydrogens is 501 g/mol. The van der Waals surface area contributed by atoms with Crippen LogP contribution in [0.2, 0.25) is 0 Å². The van der Waals surface area contributed by atoms with Gasteiger partial charge in [0, 0.05) is 47.8 Å². The number of hydrogen-bond acceptors (Lipinski definition) is 6. The zero-order chi connectivity index (χ0) is 26.2. The van der Waals surface area contributed by atoms with Crippen molar-refractivity contribution in [1.29, 1.82) is 0 Å². The number of nitrogens with zero attached hydrogens (tertiary/aromatic N) is 3. The highest BCUT2D eigenvalue weighted by Gasteiger charge is 2.28. The second-order valence-electron chi connectivity index (χ2n) is 9.99. The maximum absolute atomic E-state index is 14.5. The molecule has 2 atom stereocenters. The molecule has 5 aromatic rings. The number of fused-ring (bicyclic) bond motifs is 2. The Morgan fingerprint density at radius 3 is 2.97 bits per heavy atom. The van der Waals surface area contributed by atoms with Gasteiger partial charge in [0.2, 0.25) is 0 Å². The van der Waals surface area contributed by atoms with Gasteiger partial charge < -0.3 is 10.1 Å². The number of halogens is 1. The zero-order valence-corrected chi connectivity index (χ0v) is 22.0. The first kappa shape index (κ1) is 24.5. The number of carbonyl (C=O) groups excluding carboxylic acids is 1. The molecule has 0 aliphatic carbocycles. The lowest BCUT2D eigenvalue weighted by atomic mass is 9.95. The van der Waals surface area contributed by atoms with Gasteiger partial charge in [0.1, 0.15) is 11.6 Å². The molecule has 2 aromatic heterocycles. The van der Waals surface area contributed by atoms with Crippen LogP contribution in [-0.4, -0.2) is 52.2 Å². The van der Waals surface area contributed by atoms with Gasteiger partial charge in [-0.05, 0) is 54.8 Å². The van der Waals surface area contributed by atoms with Crippen molar-refractivity contribution in [2.75, 3.05) is 20.2 Å². The third-order valence-electron chi connectivity index (χ3n) is 7.18. The fraction of sp³-hybridized carbons (Fsp3) is 0.276. The molecule has 7 nitrogen and oxygen atoms in total. The SMILES string of the molecule is COc1cccc(F)c1CN1CC(NC(=O)c2ccc3[nH]nc(-c4ccc5ncsc5c4)c3c2)C[C@@H](C)C1. The molecule has 0 bridgehead atoms. The molecule has 6 rings (SSSR count). The molecule has 1 amide bonds. The van der Waals surface area contributed by atoms with Crippen molar-refractivity contribution < 1.29 is 13.9 Å². The van der Waals surface area contributed by atoms with E-state index in [4.69, 9.17) is 4.74 Å². The van der Waals surface area contributed by atoms with E-state index in [1.54, 1.807) is 30.6 Å². The van der Waals surface area contributed by atoms with Crippen LogP contribution in [0.4, 0.5) is 4.39 Å². The number of likely N-dealkylation sites (tertiary alicyclic amines) is 1. The van der Waals surface area contributed by atoms with Gasteiger partial charge in [-0.1, -0.05) is 19.1 Å². The van der Waals surface area contributed by atoms with Gasteiger partial charge in [-0.15, -0.1) is 11.3 Å². The van der Waals surface area contributed by atoms with Crippen molar-refractivity contribution >= 4 is 38.4 Å². The number of hydrogen-bond donors (Lipinski definition) is 2. The van der Waals surface area contributed by atoms with Crippen LogP contribution in [0, 0.1) is 11.7 Å². The summed E-state index contributed by atoms with van der Waals surface area (Å²) in [6.07, 6.45) is 0.866. The maximum Gasteiger partial charge on any atom is 0.251 e. The number of amides is 1. The topological polar surface area (TPSA) is 83.1 Å². The summed E-state index contributed by atoms with van der Waals surface area (Å²) in [6.45, 7) is 4.06. The lowest BCUT2D eigenvalue weighted by Gasteiger charge is -2.37. The standard InChI is InChI=1S/C29H28FN5O2S/c1-17-10-20(14-35(13-17)15-22-23(30)4-3-5-26(22)37-2)32-29(36)19-7-8-24-21(11-19)28(34-33-24)18-6-9-25-27(12-18)38-16-31-25/h3-9,11-12,16-17,20H,10,13-15H2,1-2H3,(H,32,36)(H,33,34)/t17-,20?/m1/s1. The van der Waals surface area contributed by atoms with Crippen LogP contribution in [-0.2, 0) is 6.54 Å². The predicted molar refractivity (Wildman–Crippen MR) is 148 cm³/mol. The van der Waals surface area contributed by atoms with Gasteiger partial charge in [0.25, 0.3) is 5.91 Å².